The first-order valence-corrected chi connectivity index (χ1v) is 21.9. The van der Waals surface area contributed by atoms with Gasteiger partial charge in [0.15, 0.2) is 0 Å². The molecule has 0 spiro atoms. The van der Waals surface area contributed by atoms with Crippen LogP contribution in [-0.4, -0.2) is 21.2 Å². The Kier molecular flexibility index (Phi) is 7.63. The predicted molar refractivity (Wildman–Crippen MR) is 126 cm³/mol. The molecule has 0 atom stereocenters. The van der Waals surface area contributed by atoms with E-state index >= 15 is 0 Å². The molecule has 168 valence electrons. The van der Waals surface area contributed by atoms with Crippen molar-refractivity contribution in [2.24, 2.45) is 0 Å². The van der Waals surface area contributed by atoms with Gasteiger partial charge in [-0.2, -0.15) is 0 Å². The number of rotatable bonds is 8. The topological polar surface area (TPSA) is 0 Å². The zero-order chi connectivity index (χ0) is 23.3. The van der Waals surface area contributed by atoms with Gasteiger partial charge in [0.25, 0.3) is 0 Å². The Morgan fingerprint density at radius 1 is 0.364 bits per heavy atom. The molecule has 0 heterocycles. The molecule has 4 rings (SSSR count). The van der Waals surface area contributed by atoms with Gasteiger partial charge in [-0.05, 0) is 0 Å². The molecule has 4 aromatic rings. The van der Waals surface area contributed by atoms with Gasteiger partial charge in [0, 0.05) is 0 Å². The number of halogens is 4. The van der Waals surface area contributed by atoms with Crippen LogP contribution in [0.2, 0.25) is 0 Å². The van der Waals surface area contributed by atoms with E-state index < -0.39 is 21.2 Å². The molecule has 0 aliphatic carbocycles. The molecule has 5 heteroatoms. The van der Waals surface area contributed by atoms with Gasteiger partial charge in [0.1, 0.15) is 0 Å². The van der Waals surface area contributed by atoms with Crippen LogP contribution in [-0.2, 0) is 15.9 Å². The molecule has 0 aromatic heterocycles. The van der Waals surface area contributed by atoms with Crippen molar-refractivity contribution in [3.63, 3.8) is 0 Å². The van der Waals surface area contributed by atoms with Crippen molar-refractivity contribution in [3.05, 3.63) is 143 Å². The number of benzene rings is 4. The molecule has 0 saturated heterocycles. The second-order valence-corrected chi connectivity index (χ2v) is 25.7. The van der Waals surface area contributed by atoms with Gasteiger partial charge in [-0.25, -0.2) is 0 Å². The first kappa shape index (κ1) is 23.7. The summed E-state index contributed by atoms with van der Waals surface area (Å²) in [6.07, 6.45) is 0. The molecule has 0 fully saturated rings. The van der Waals surface area contributed by atoms with Crippen LogP contribution in [0.5, 0.6) is 0 Å². The van der Waals surface area contributed by atoms with Gasteiger partial charge >= 0.3 is 197 Å². The standard InChI is InChI=1S/4C7H6F.Pb/c4*1-6-4-2-3-5-7(6)8;/h4*2-5H,1H2;. The van der Waals surface area contributed by atoms with Crippen molar-refractivity contribution in [1.29, 1.82) is 0 Å². The first-order chi connectivity index (χ1) is 16.0. The van der Waals surface area contributed by atoms with Crippen molar-refractivity contribution < 1.29 is 17.6 Å². The minimum absolute atomic E-state index is 0.336. The molecule has 0 radical (unpaired) electrons. The molecule has 0 aliphatic heterocycles. The normalized spacial score (nSPS) is 11.5. The van der Waals surface area contributed by atoms with E-state index in [0.717, 1.165) is 0 Å². The molecular formula is C28H24F4Pb. The average Bonchev–Trinajstić information content (AvgIpc) is 2.80. The SMILES string of the molecule is Fc1ccccc1[CH2][Pb]([CH2]c1ccccc1F)([CH2]c1ccccc1F)[CH2]c1ccccc1F. The van der Waals surface area contributed by atoms with Gasteiger partial charge in [-0.15, -0.1) is 0 Å². The van der Waals surface area contributed by atoms with Crippen LogP contribution in [0.4, 0.5) is 17.6 Å². The van der Waals surface area contributed by atoms with E-state index in [1.165, 1.54) is 24.3 Å². The molecule has 0 unspecified atom stereocenters. The van der Waals surface area contributed by atoms with Gasteiger partial charge in [-0.1, -0.05) is 0 Å². The van der Waals surface area contributed by atoms with Crippen LogP contribution < -0.4 is 0 Å². The second-order valence-electron chi connectivity index (χ2n) is 8.57. The van der Waals surface area contributed by atoms with Gasteiger partial charge in [-0.3, -0.25) is 0 Å². The Hall–Kier alpha value is -2.48. The van der Waals surface area contributed by atoms with Gasteiger partial charge in [0.2, 0.25) is 0 Å². The maximum absolute atomic E-state index is 14.8. The van der Waals surface area contributed by atoms with Gasteiger partial charge < -0.3 is 0 Å². The molecule has 0 aliphatic rings. The number of hydrogen-bond acceptors (Lipinski definition) is 0. The van der Waals surface area contributed by atoms with Crippen LogP contribution in [0, 0.1) is 23.3 Å². The van der Waals surface area contributed by atoms with Crippen molar-refractivity contribution in [1.82, 2.24) is 0 Å². The third-order valence-corrected chi connectivity index (χ3v) is 23.7. The molecule has 0 saturated carbocycles. The monoisotopic (exact) mass is 644 g/mol. The average molecular weight is 644 g/mol. The molecule has 0 bridgehead atoms. The Morgan fingerprint density at radius 3 is 0.788 bits per heavy atom. The van der Waals surface area contributed by atoms with Crippen molar-refractivity contribution in [3.8, 4) is 0 Å². The van der Waals surface area contributed by atoms with Crippen LogP contribution in [0.15, 0.2) is 97.1 Å². The van der Waals surface area contributed by atoms with E-state index in [0.29, 0.717) is 38.2 Å². The van der Waals surface area contributed by atoms with Crippen LogP contribution in [0.1, 0.15) is 22.3 Å². The maximum atomic E-state index is 14.8. The molecule has 0 nitrogen and oxygen atoms in total. The zero-order valence-corrected chi connectivity index (χ0v) is 22.0. The molecule has 0 N–H and O–H groups in total. The van der Waals surface area contributed by atoms with Crippen LogP contribution >= 0.6 is 0 Å². The minimum atomic E-state index is -4.02. The Morgan fingerprint density at radius 2 is 0.576 bits per heavy atom. The fourth-order valence-electron chi connectivity index (χ4n) is 4.56. The van der Waals surface area contributed by atoms with Crippen LogP contribution in [0.3, 0.4) is 0 Å². The van der Waals surface area contributed by atoms with Crippen molar-refractivity contribution in [2.45, 2.75) is 15.9 Å². The van der Waals surface area contributed by atoms with E-state index in [1.807, 2.05) is 0 Å². The zero-order valence-electron chi connectivity index (χ0n) is 18.1. The van der Waals surface area contributed by atoms with Crippen molar-refractivity contribution in [2.75, 3.05) is 0 Å². The summed E-state index contributed by atoms with van der Waals surface area (Å²) >= 11 is -4.02. The Balaban J connectivity index is 1.86. The fraction of sp³-hybridized carbons (Fsp3) is 0.143. The third-order valence-electron chi connectivity index (χ3n) is 6.09. The van der Waals surface area contributed by atoms with E-state index in [1.54, 1.807) is 72.8 Å². The van der Waals surface area contributed by atoms with Crippen molar-refractivity contribution >= 4 is 21.2 Å². The summed E-state index contributed by atoms with van der Waals surface area (Å²) in [5.41, 5.74) is 2.12. The fourth-order valence-corrected chi connectivity index (χ4v) is 24.5. The van der Waals surface area contributed by atoms with E-state index in [-0.39, 0.29) is 23.3 Å². The van der Waals surface area contributed by atoms with E-state index in [9.17, 15) is 17.6 Å². The summed E-state index contributed by atoms with van der Waals surface area (Å²) in [5.74, 6) is -1.34. The summed E-state index contributed by atoms with van der Waals surface area (Å²) in [5, 5.41) is 0. The Bertz CT molecular complexity index is 1040. The third kappa shape index (κ3) is 5.91. The molecule has 4 aromatic carbocycles. The summed E-state index contributed by atoms with van der Waals surface area (Å²) in [6, 6.07) is 26.1. The number of hydrogen-bond donors (Lipinski definition) is 0. The van der Waals surface area contributed by atoms with Gasteiger partial charge in [0.05, 0.1) is 0 Å². The summed E-state index contributed by atoms with van der Waals surface area (Å²) < 4.78 is 60.8. The van der Waals surface area contributed by atoms with Crippen LogP contribution in [0.25, 0.3) is 0 Å². The predicted octanol–water partition coefficient (Wildman–Crippen LogP) is 7.12. The summed E-state index contributed by atoms with van der Waals surface area (Å²) in [7, 11) is 0. The Labute approximate surface area is 196 Å². The summed E-state index contributed by atoms with van der Waals surface area (Å²) in [6.45, 7) is 0. The molecule has 0 amide bonds. The van der Waals surface area contributed by atoms with E-state index in [2.05, 4.69) is 0 Å². The van der Waals surface area contributed by atoms with E-state index in [4.69, 9.17) is 0 Å². The summed E-state index contributed by atoms with van der Waals surface area (Å²) in [4.78, 5) is 0. The second kappa shape index (κ2) is 10.6. The quantitative estimate of drug-likeness (QED) is 0.142. The first-order valence-electron chi connectivity index (χ1n) is 10.9. The molecule has 33 heavy (non-hydrogen) atoms. The molecular weight excluding hydrogens is 620 g/mol.